The van der Waals surface area contributed by atoms with Crippen LogP contribution in [-0.4, -0.2) is 0 Å². The maximum Gasteiger partial charge on any atom is 0.0629 e. The summed E-state index contributed by atoms with van der Waals surface area (Å²) in [4.78, 5) is 0. The van der Waals surface area contributed by atoms with E-state index in [9.17, 15) is 2.74 Å². The molecule has 0 spiro atoms. The Morgan fingerprint density at radius 2 is 0.762 bits per heavy atom. The minimum atomic E-state index is -0.705. The highest BCUT2D eigenvalue weighted by Gasteiger charge is 2.16. The first kappa shape index (κ1) is 14.4. The maximum atomic E-state index is 9.18. The van der Waals surface area contributed by atoms with Gasteiger partial charge in [0.25, 0.3) is 0 Å². The van der Waals surface area contributed by atoms with Crippen LogP contribution < -0.4 is 0 Å². The van der Waals surface area contributed by atoms with Gasteiger partial charge >= 0.3 is 0 Å². The highest BCUT2D eigenvalue weighted by atomic mass is 14.2. The summed E-state index contributed by atoms with van der Waals surface area (Å²) in [6.07, 6.45) is 0. The molecule has 0 radical (unpaired) electrons. The van der Waals surface area contributed by atoms with Crippen molar-refractivity contribution in [1.82, 2.24) is 0 Å². The van der Waals surface area contributed by atoms with Gasteiger partial charge in [-0.2, -0.15) is 0 Å². The number of benzene rings is 8. The lowest BCUT2D eigenvalue weighted by Gasteiger charge is -2.18. The van der Waals surface area contributed by atoms with E-state index in [1.807, 2.05) is 72.8 Å². The molecule has 42 heavy (non-hydrogen) atoms. The standard InChI is InChI=1S/C42H28/c1-3-12-29(13-4-1)31-16-11-17-32(26-31)33-22-23-35-28-36(25-24-34(35)27-33)42-39-20-9-7-18-37(39)41(30-14-5-2-6-15-30)38-19-8-10-21-40(38)42/h1-28H/i2D,5D,6D,7D,8D,9D,10D,14D,15D,18D,19D,20D,21D. The molecule has 8 rings (SSSR count). The predicted octanol–water partition coefficient (Wildman–Crippen LogP) is 11.8. The highest BCUT2D eigenvalue weighted by Crippen LogP contribution is 2.44. The van der Waals surface area contributed by atoms with Crippen molar-refractivity contribution in [1.29, 1.82) is 0 Å². The fraction of sp³-hybridized carbons (Fsp3) is 0. The summed E-state index contributed by atoms with van der Waals surface area (Å²) in [5.41, 5.74) is 3.86. The summed E-state index contributed by atoms with van der Waals surface area (Å²) in [6.45, 7) is 0. The smallest absolute Gasteiger partial charge is 0.0622 e. The van der Waals surface area contributed by atoms with Crippen molar-refractivity contribution >= 4 is 32.3 Å². The van der Waals surface area contributed by atoms with E-state index in [4.69, 9.17) is 15.1 Å². The van der Waals surface area contributed by atoms with Crippen molar-refractivity contribution in [2.45, 2.75) is 0 Å². The number of fused-ring (bicyclic) bond motifs is 3. The molecule has 0 nitrogen and oxygen atoms in total. The van der Waals surface area contributed by atoms with Crippen LogP contribution in [0.5, 0.6) is 0 Å². The molecule has 0 N–H and O–H groups in total. The topological polar surface area (TPSA) is 0 Å². The molecule has 0 heteroatoms. The molecule has 0 amide bonds. The Kier molecular flexibility index (Phi) is 3.50. The largest absolute Gasteiger partial charge is 0.0629 e. The molecule has 0 saturated carbocycles. The van der Waals surface area contributed by atoms with Crippen molar-refractivity contribution in [3.05, 3.63) is 170 Å². The lowest BCUT2D eigenvalue weighted by Crippen LogP contribution is -1.90. The molecule has 196 valence electrons. The van der Waals surface area contributed by atoms with Gasteiger partial charge in [-0.3, -0.25) is 0 Å². The molecule has 0 fully saturated rings. The molecular formula is C42H28. The molecular weight excluding hydrogens is 504 g/mol. The summed E-state index contributed by atoms with van der Waals surface area (Å²) >= 11 is 0. The number of rotatable bonds is 4. The first-order chi connectivity index (χ1) is 26.2. The van der Waals surface area contributed by atoms with E-state index >= 15 is 0 Å². The molecule has 0 aliphatic heterocycles. The van der Waals surface area contributed by atoms with Crippen molar-refractivity contribution in [3.8, 4) is 44.5 Å². The van der Waals surface area contributed by atoms with Gasteiger partial charge in [-0.1, -0.05) is 151 Å². The van der Waals surface area contributed by atoms with Crippen LogP contribution in [0.2, 0.25) is 0 Å². The van der Waals surface area contributed by atoms with Gasteiger partial charge in [0, 0.05) is 0 Å². The van der Waals surface area contributed by atoms with Crippen LogP contribution in [0.3, 0.4) is 0 Å². The summed E-state index contributed by atoms with van der Waals surface area (Å²) in [5.74, 6) is 0. The van der Waals surface area contributed by atoms with E-state index in [-0.39, 0.29) is 32.7 Å². The van der Waals surface area contributed by atoms with Crippen LogP contribution >= 0.6 is 0 Å². The first-order valence-electron chi connectivity index (χ1n) is 20.0. The Morgan fingerprint density at radius 1 is 0.310 bits per heavy atom. The zero-order valence-electron chi connectivity index (χ0n) is 35.2. The van der Waals surface area contributed by atoms with Gasteiger partial charge in [-0.25, -0.2) is 0 Å². The van der Waals surface area contributed by atoms with Crippen LogP contribution in [0.1, 0.15) is 17.8 Å². The number of hydrogen-bond acceptors (Lipinski definition) is 0. The third kappa shape index (κ3) is 4.17. The number of hydrogen-bond donors (Lipinski definition) is 0. The molecule has 0 bridgehead atoms. The Labute approximate surface area is 264 Å². The predicted molar refractivity (Wildman–Crippen MR) is 181 cm³/mol. The maximum absolute atomic E-state index is 9.18. The molecule has 0 unspecified atom stereocenters. The summed E-state index contributed by atoms with van der Waals surface area (Å²) in [6, 6.07) is 21.3. The van der Waals surface area contributed by atoms with Crippen molar-refractivity contribution in [2.75, 3.05) is 0 Å². The summed E-state index contributed by atoms with van der Waals surface area (Å²) in [7, 11) is 0. The second-order valence-corrected chi connectivity index (χ2v) is 9.97. The molecule has 8 aromatic carbocycles. The van der Waals surface area contributed by atoms with Gasteiger partial charge in [0.1, 0.15) is 0 Å². The lowest BCUT2D eigenvalue weighted by atomic mass is 9.85. The molecule has 8 aromatic rings. The second-order valence-electron chi connectivity index (χ2n) is 9.97. The van der Waals surface area contributed by atoms with Gasteiger partial charge < -0.3 is 0 Å². The van der Waals surface area contributed by atoms with Crippen LogP contribution in [0.25, 0.3) is 76.8 Å². The highest BCUT2D eigenvalue weighted by molar-refractivity contribution is 6.21. The minimum absolute atomic E-state index is 0.0988. The van der Waals surface area contributed by atoms with Crippen LogP contribution in [0.4, 0.5) is 0 Å². The van der Waals surface area contributed by atoms with E-state index in [1.165, 1.54) is 0 Å². The Hall–Kier alpha value is -5.46. The van der Waals surface area contributed by atoms with Crippen molar-refractivity contribution < 1.29 is 17.8 Å². The van der Waals surface area contributed by atoms with E-state index in [0.29, 0.717) is 5.56 Å². The minimum Gasteiger partial charge on any atom is -0.0622 e. The van der Waals surface area contributed by atoms with Crippen molar-refractivity contribution in [2.24, 2.45) is 0 Å². The van der Waals surface area contributed by atoms with E-state index < -0.39 is 84.1 Å². The molecule has 0 saturated heterocycles. The fourth-order valence-electron chi connectivity index (χ4n) is 5.63. The fourth-order valence-corrected chi connectivity index (χ4v) is 5.63. The third-order valence-corrected chi connectivity index (χ3v) is 7.56. The quantitative estimate of drug-likeness (QED) is 0.193. The molecule has 0 aliphatic rings. The van der Waals surface area contributed by atoms with Gasteiger partial charge in [-0.05, 0) is 95.0 Å². The van der Waals surface area contributed by atoms with E-state index in [2.05, 4.69) is 6.07 Å². The van der Waals surface area contributed by atoms with Crippen molar-refractivity contribution in [3.63, 3.8) is 0 Å². The van der Waals surface area contributed by atoms with Gasteiger partial charge in [0.05, 0.1) is 17.8 Å². The Morgan fingerprint density at radius 3 is 1.38 bits per heavy atom. The van der Waals surface area contributed by atoms with Crippen LogP contribution in [-0.2, 0) is 0 Å². The Balaban J connectivity index is 1.48. The molecule has 0 atom stereocenters. The third-order valence-electron chi connectivity index (χ3n) is 7.56. The van der Waals surface area contributed by atoms with E-state index in [0.717, 1.165) is 33.0 Å². The normalized spacial score (nSPS) is 15.7. The summed E-state index contributed by atoms with van der Waals surface area (Å²) < 4.78 is 114. The average molecular weight is 546 g/mol. The zero-order valence-corrected chi connectivity index (χ0v) is 22.2. The van der Waals surface area contributed by atoms with E-state index in [1.54, 1.807) is 12.1 Å². The van der Waals surface area contributed by atoms with Gasteiger partial charge in [-0.15, -0.1) is 0 Å². The Bertz CT molecular complexity index is 2850. The second kappa shape index (κ2) is 10.2. The summed E-state index contributed by atoms with van der Waals surface area (Å²) in [5, 5.41) is 0.910. The zero-order chi connectivity index (χ0) is 39.2. The van der Waals surface area contributed by atoms with Crippen LogP contribution in [0, 0.1) is 0 Å². The first-order valence-corrected chi connectivity index (χ1v) is 13.5. The lowest BCUT2D eigenvalue weighted by molar-refractivity contribution is 1.60. The molecule has 0 aliphatic carbocycles. The van der Waals surface area contributed by atoms with Gasteiger partial charge in [0.15, 0.2) is 0 Å². The molecule has 0 aromatic heterocycles. The SMILES string of the molecule is [2H]c1c([2H])c([2H])c(-c2c3c([2H])c([2H])c([2H])c([2H])c3c(-c3ccc4cc(-c5cccc(-c6ccccc6)c5)ccc4c3)c3c([2H])c([2H])c([2H])c([2H])c23)c([2H])c1[2H]. The average Bonchev–Trinajstić information content (AvgIpc) is 3.21. The van der Waals surface area contributed by atoms with Gasteiger partial charge in [0.2, 0.25) is 0 Å². The van der Waals surface area contributed by atoms with Crippen LogP contribution in [0.15, 0.2) is 170 Å². The monoisotopic (exact) mass is 545 g/mol. The molecule has 0 heterocycles.